The third-order valence-corrected chi connectivity index (χ3v) is 6.04. The predicted octanol–water partition coefficient (Wildman–Crippen LogP) is 2.88. The van der Waals surface area contributed by atoms with E-state index in [1.165, 1.54) is 4.90 Å². The van der Waals surface area contributed by atoms with Crippen LogP contribution in [0.3, 0.4) is 0 Å². The van der Waals surface area contributed by atoms with Crippen molar-refractivity contribution in [3.8, 4) is 0 Å². The monoisotopic (exact) mass is 422 g/mol. The maximum Gasteiger partial charge on any atom is 0.255 e. The van der Waals surface area contributed by atoms with Crippen LogP contribution >= 0.6 is 27.5 Å². The molecule has 0 bridgehead atoms. The molecule has 2 fully saturated rings. The number of fused-ring (bicyclic) bond motifs is 1. The number of halogens is 2. The highest BCUT2D eigenvalue weighted by Gasteiger charge is 2.52. The minimum Gasteiger partial charge on any atom is -0.334 e. The van der Waals surface area contributed by atoms with Crippen molar-refractivity contribution in [2.45, 2.75) is 18.9 Å². The van der Waals surface area contributed by atoms with Gasteiger partial charge in [0.25, 0.3) is 5.91 Å². The molecule has 7 heteroatoms. The highest BCUT2D eigenvalue weighted by Crippen LogP contribution is 2.37. The molecule has 130 valence electrons. The number of rotatable bonds is 2. The van der Waals surface area contributed by atoms with Crippen LogP contribution in [-0.2, 0) is 9.59 Å². The van der Waals surface area contributed by atoms with Gasteiger partial charge in [-0.15, -0.1) is 0 Å². The van der Waals surface area contributed by atoms with E-state index in [2.05, 4.69) is 15.9 Å². The lowest BCUT2D eigenvalue weighted by Crippen LogP contribution is -2.62. The van der Waals surface area contributed by atoms with Crippen LogP contribution in [0.25, 0.3) is 0 Å². The van der Waals surface area contributed by atoms with Crippen LogP contribution in [0.15, 0.2) is 34.8 Å². The Morgan fingerprint density at radius 2 is 1.68 bits per heavy atom. The Balaban J connectivity index is 1.45. The normalized spacial score (nSPS) is 26.0. The predicted molar refractivity (Wildman–Crippen MR) is 96.1 cm³/mol. The van der Waals surface area contributed by atoms with Crippen molar-refractivity contribution in [3.05, 3.63) is 45.4 Å². The molecule has 0 saturated carbocycles. The van der Waals surface area contributed by atoms with E-state index in [1.54, 1.807) is 23.1 Å². The van der Waals surface area contributed by atoms with E-state index in [0.717, 1.165) is 4.47 Å². The van der Waals surface area contributed by atoms with Gasteiger partial charge >= 0.3 is 0 Å². The Hall–Kier alpha value is -1.66. The lowest BCUT2D eigenvalue weighted by Gasteiger charge is -2.43. The van der Waals surface area contributed by atoms with Gasteiger partial charge in [0.15, 0.2) is 0 Å². The van der Waals surface area contributed by atoms with Crippen molar-refractivity contribution >= 4 is 45.3 Å². The van der Waals surface area contributed by atoms with Crippen molar-refractivity contribution < 1.29 is 14.4 Å². The lowest BCUT2D eigenvalue weighted by molar-refractivity contribution is -0.145. The molecule has 0 spiro atoms. The Bertz CT molecular complexity index is 778. The third-order valence-electron chi connectivity index (χ3n) is 5.22. The first kappa shape index (κ1) is 16.8. The van der Waals surface area contributed by atoms with E-state index in [-0.39, 0.29) is 35.6 Å². The molecule has 25 heavy (non-hydrogen) atoms. The summed E-state index contributed by atoms with van der Waals surface area (Å²) in [5, 5.41) is 0.391. The molecular weight excluding hydrogens is 408 g/mol. The molecule has 2 atom stereocenters. The first-order chi connectivity index (χ1) is 12.0. The molecule has 1 aromatic rings. The van der Waals surface area contributed by atoms with Gasteiger partial charge in [0.2, 0.25) is 11.8 Å². The van der Waals surface area contributed by atoms with Gasteiger partial charge in [-0.3, -0.25) is 19.3 Å². The highest BCUT2D eigenvalue weighted by molar-refractivity contribution is 9.10. The maximum atomic E-state index is 12.6. The molecule has 2 unspecified atom stereocenters. The second-order valence-electron chi connectivity index (χ2n) is 6.69. The first-order valence-electron chi connectivity index (χ1n) is 8.23. The molecule has 4 rings (SSSR count). The average Bonchev–Trinajstić information content (AvgIpc) is 2.81. The van der Waals surface area contributed by atoms with Crippen LogP contribution in [0.1, 0.15) is 23.2 Å². The smallest absolute Gasteiger partial charge is 0.255 e. The number of hydrogen-bond donors (Lipinski definition) is 0. The molecular formula is C18H16BrClN2O3. The van der Waals surface area contributed by atoms with Gasteiger partial charge in [-0.25, -0.2) is 0 Å². The fourth-order valence-electron chi connectivity index (χ4n) is 3.80. The topological polar surface area (TPSA) is 57.7 Å². The maximum absolute atomic E-state index is 12.6. The van der Waals surface area contributed by atoms with E-state index in [1.807, 2.05) is 12.2 Å². The Morgan fingerprint density at radius 1 is 1.08 bits per heavy atom. The number of imide groups is 1. The molecule has 1 aliphatic carbocycles. The number of likely N-dealkylation sites (tertiary alicyclic amines) is 2. The van der Waals surface area contributed by atoms with Gasteiger partial charge in [-0.2, -0.15) is 0 Å². The summed E-state index contributed by atoms with van der Waals surface area (Å²) < 4.78 is 0.777. The summed E-state index contributed by atoms with van der Waals surface area (Å²) in [6, 6.07) is 4.90. The fourth-order valence-corrected chi connectivity index (χ4v) is 4.36. The SMILES string of the molecule is O=C(c1cc(Br)ccc1Cl)N1CC(N2C(=O)C3CC=CCC3C2=O)C1. The van der Waals surface area contributed by atoms with E-state index in [0.29, 0.717) is 36.5 Å². The van der Waals surface area contributed by atoms with Gasteiger partial charge in [0, 0.05) is 17.6 Å². The van der Waals surface area contributed by atoms with Gasteiger partial charge in [-0.1, -0.05) is 39.7 Å². The third kappa shape index (κ3) is 2.72. The first-order valence-corrected chi connectivity index (χ1v) is 9.40. The van der Waals surface area contributed by atoms with Gasteiger partial charge in [0.1, 0.15) is 0 Å². The van der Waals surface area contributed by atoms with E-state index in [9.17, 15) is 14.4 Å². The summed E-state index contributed by atoms with van der Waals surface area (Å²) in [7, 11) is 0. The zero-order valence-corrected chi connectivity index (χ0v) is 15.7. The molecule has 3 amide bonds. The van der Waals surface area contributed by atoms with Crippen molar-refractivity contribution in [2.24, 2.45) is 11.8 Å². The molecule has 5 nitrogen and oxygen atoms in total. The number of amides is 3. The molecule has 0 N–H and O–H groups in total. The quantitative estimate of drug-likeness (QED) is 0.543. The largest absolute Gasteiger partial charge is 0.334 e. The van der Waals surface area contributed by atoms with E-state index in [4.69, 9.17) is 11.6 Å². The van der Waals surface area contributed by atoms with Crippen LogP contribution in [0.4, 0.5) is 0 Å². The van der Waals surface area contributed by atoms with Crippen LogP contribution in [0, 0.1) is 11.8 Å². The summed E-state index contributed by atoms with van der Waals surface area (Å²) in [6.07, 6.45) is 5.22. The fraction of sp³-hybridized carbons (Fsp3) is 0.389. The van der Waals surface area contributed by atoms with Crippen molar-refractivity contribution in [1.29, 1.82) is 0 Å². The van der Waals surface area contributed by atoms with E-state index >= 15 is 0 Å². The number of benzene rings is 1. The van der Waals surface area contributed by atoms with Crippen LogP contribution in [0.2, 0.25) is 5.02 Å². The number of nitrogens with zero attached hydrogens (tertiary/aromatic N) is 2. The zero-order chi connectivity index (χ0) is 17.7. The molecule has 0 radical (unpaired) electrons. The van der Waals surface area contributed by atoms with Gasteiger partial charge in [0.05, 0.1) is 28.5 Å². The molecule has 1 aromatic carbocycles. The average molecular weight is 424 g/mol. The summed E-state index contributed by atoms with van der Waals surface area (Å²) in [5.74, 6) is -0.793. The lowest BCUT2D eigenvalue weighted by atomic mass is 9.85. The Labute approximate surface area is 158 Å². The Morgan fingerprint density at radius 3 is 2.28 bits per heavy atom. The van der Waals surface area contributed by atoms with Gasteiger partial charge < -0.3 is 4.90 Å². The number of allylic oxidation sites excluding steroid dienone is 2. The molecule has 3 aliphatic rings. The zero-order valence-electron chi connectivity index (χ0n) is 13.3. The second kappa shape index (κ2) is 6.25. The standard InChI is InChI=1S/C18H16BrClN2O3/c19-10-5-6-15(20)14(7-10)16(23)21-8-11(9-21)22-17(24)12-3-1-2-4-13(12)18(22)25/h1-2,5-7,11-13H,3-4,8-9H2. The van der Waals surface area contributed by atoms with E-state index < -0.39 is 0 Å². The van der Waals surface area contributed by atoms with Gasteiger partial charge in [-0.05, 0) is 31.0 Å². The number of carbonyl (C=O) groups is 3. The second-order valence-corrected chi connectivity index (χ2v) is 8.01. The minimum atomic E-state index is -0.222. The highest BCUT2D eigenvalue weighted by atomic mass is 79.9. The van der Waals surface area contributed by atoms with Crippen molar-refractivity contribution in [2.75, 3.05) is 13.1 Å². The van der Waals surface area contributed by atoms with Crippen LogP contribution in [-0.4, -0.2) is 46.7 Å². The Kier molecular flexibility index (Phi) is 4.20. The summed E-state index contributed by atoms with van der Waals surface area (Å²) in [6.45, 7) is 0.734. The summed E-state index contributed by atoms with van der Waals surface area (Å²) in [5.41, 5.74) is 0.423. The molecule has 2 heterocycles. The summed E-state index contributed by atoms with van der Waals surface area (Å²) >= 11 is 9.45. The molecule has 0 aromatic heterocycles. The molecule has 2 saturated heterocycles. The molecule has 2 aliphatic heterocycles. The number of carbonyl (C=O) groups excluding carboxylic acids is 3. The number of hydrogen-bond acceptors (Lipinski definition) is 3. The van der Waals surface area contributed by atoms with Crippen LogP contribution < -0.4 is 0 Å². The minimum absolute atomic E-state index is 0.0862. The summed E-state index contributed by atoms with van der Waals surface area (Å²) in [4.78, 5) is 40.8. The van der Waals surface area contributed by atoms with Crippen molar-refractivity contribution in [1.82, 2.24) is 9.80 Å². The van der Waals surface area contributed by atoms with Crippen LogP contribution in [0.5, 0.6) is 0 Å². The van der Waals surface area contributed by atoms with Crippen molar-refractivity contribution in [3.63, 3.8) is 0 Å².